The van der Waals surface area contributed by atoms with Crippen molar-refractivity contribution >= 4 is 23.1 Å². The number of hydrogen-bond donors (Lipinski definition) is 1. The van der Waals surface area contributed by atoms with Crippen molar-refractivity contribution in [3.8, 4) is 11.5 Å². The van der Waals surface area contributed by atoms with Crippen LogP contribution in [0.1, 0.15) is 17.2 Å². The molecule has 2 aromatic rings. The normalized spacial score (nSPS) is 17.5. The van der Waals surface area contributed by atoms with Crippen LogP contribution in [0, 0.1) is 10.1 Å². The van der Waals surface area contributed by atoms with Gasteiger partial charge >= 0.3 is 0 Å². The molecule has 2 aromatic carbocycles. The number of rotatable bonds is 8. The number of likely N-dealkylation sites (tertiary alicyclic amines) is 1. The first-order valence-corrected chi connectivity index (χ1v) is 9.58. The van der Waals surface area contributed by atoms with E-state index in [0.717, 1.165) is 0 Å². The van der Waals surface area contributed by atoms with Crippen LogP contribution in [0.5, 0.6) is 11.5 Å². The monoisotopic (exact) mass is 442 g/mol. The minimum atomic E-state index is -0.945. The highest BCUT2D eigenvalue weighted by Crippen LogP contribution is 2.40. The molecule has 32 heavy (non-hydrogen) atoms. The first-order chi connectivity index (χ1) is 15.3. The number of hydrogen-bond acceptors (Lipinski definition) is 8. The van der Waals surface area contributed by atoms with Gasteiger partial charge in [0.05, 0.1) is 37.4 Å². The van der Waals surface area contributed by atoms with Crippen LogP contribution in [0.15, 0.2) is 48.0 Å². The lowest BCUT2D eigenvalue weighted by Gasteiger charge is -2.25. The molecule has 0 unspecified atom stereocenters. The number of carbonyl (C=O) groups is 2. The molecule has 1 fully saturated rings. The minimum Gasteiger partial charge on any atom is -0.507 e. The number of benzene rings is 2. The second-order valence-electron chi connectivity index (χ2n) is 6.90. The van der Waals surface area contributed by atoms with E-state index in [2.05, 4.69) is 0 Å². The molecule has 3 rings (SSSR count). The zero-order valence-electron chi connectivity index (χ0n) is 17.7. The van der Waals surface area contributed by atoms with Crippen LogP contribution >= 0.6 is 0 Å². The van der Waals surface area contributed by atoms with Gasteiger partial charge in [-0.1, -0.05) is 0 Å². The quantitative estimate of drug-likeness (QED) is 0.217. The Kier molecular flexibility index (Phi) is 6.74. The van der Waals surface area contributed by atoms with Crippen molar-refractivity contribution in [2.45, 2.75) is 6.04 Å². The molecule has 1 N–H and O–H groups in total. The van der Waals surface area contributed by atoms with Crippen LogP contribution in [0.3, 0.4) is 0 Å². The van der Waals surface area contributed by atoms with Crippen molar-refractivity contribution in [2.75, 3.05) is 34.5 Å². The number of nitro groups is 1. The molecule has 0 aromatic heterocycles. The van der Waals surface area contributed by atoms with Gasteiger partial charge in [-0.25, -0.2) is 0 Å². The van der Waals surface area contributed by atoms with E-state index < -0.39 is 28.4 Å². The molecule has 0 radical (unpaired) electrons. The van der Waals surface area contributed by atoms with Crippen molar-refractivity contribution in [3.63, 3.8) is 0 Å². The molecule has 10 nitrogen and oxygen atoms in total. The fraction of sp³-hybridized carbons (Fsp3) is 0.273. The molecule has 1 saturated heterocycles. The van der Waals surface area contributed by atoms with E-state index in [1.54, 1.807) is 6.07 Å². The smallest absolute Gasteiger partial charge is 0.295 e. The lowest BCUT2D eigenvalue weighted by Crippen LogP contribution is -2.32. The molecule has 10 heteroatoms. The van der Waals surface area contributed by atoms with Gasteiger partial charge in [0, 0.05) is 31.4 Å². The number of ketones is 1. The predicted octanol–water partition coefficient (Wildman–Crippen LogP) is 2.68. The third-order valence-corrected chi connectivity index (χ3v) is 5.15. The van der Waals surface area contributed by atoms with Crippen LogP contribution < -0.4 is 9.47 Å². The highest BCUT2D eigenvalue weighted by molar-refractivity contribution is 6.46. The third kappa shape index (κ3) is 4.12. The summed E-state index contributed by atoms with van der Waals surface area (Å²) < 4.78 is 15.5. The lowest BCUT2D eigenvalue weighted by molar-refractivity contribution is -0.384. The van der Waals surface area contributed by atoms with Gasteiger partial charge in [-0.15, -0.1) is 0 Å². The number of ether oxygens (including phenoxy) is 3. The summed E-state index contributed by atoms with van der Waals surface area (Å²) in [6.45, 7) is 0.248. The molecule has 1 heterocycles. The second kappa shape index (κ2) is 9.48. The van der Waals surface area contributed by atoms with Crippen LogP contribution in [-0.2, 0) is 14.3 Å². The molecule has 1 amide bonds. The number of nitro benzene ring substituents is 1. The summed E-state index contributed by atoms with van der Waals surface area (Å²) in [5.74, 6) is -1.30. The fourth-order valence-electron chi connectivity index (χ4n) is 3.56. The Morgan fingerprint density at radius 3 is 2.28 bits per heavy atom. The van der Waals surface area contributed by atoms with E-state index in [1.807, 2.05) is 0 Å². The van der Waals surface area contributed by atoms with Gasteiger partial charge in [-0.2, -0.15) is 0 Å². The van der Waals surface area contributed by atoms with E-state index in [0.29, 0.717) is 17.1 Å². The number of methoxy groups -OCH3 is 3. The van der Waals surface area contributed by atoms with Gasteiger partial charge in [-0.3, -0.25) is 19.7 Å². The SMILES string of the molecule is COCCN1C(=O)C(=O)C(=C(O)c2ccc(OC)c(OC)c2)[C@H]1c1ccc([N+](=O)[O-])cc1. The molecule has 1 aliphatic heterocycles. The zero-order chi connectivity index (χ0) is 23.4. The zero-order valence-corrected chi connectivity index (χ0v) is 17.7. The maximum absolute atomic E-state index is 12.9. The molecule has 0 spiro atoms. The van der Waals surface area contributed by atoms with Crippen molar-refractivity contribution in [2.24, 2.45) is 0 Å². The van der Waals surface area contributed by atoms with E-state index >= 15 is 0 Å². The largest absolute Gasteiger partial charge is 0.507 e. The highest BCUT2D eigenvalue weighted by Gasteiger charge is 2.46. The average Bonchev–Trinajstić information content (AvgIpc) is 3.06. The van der Waals surface area contributed by atoms with Crippen LogP contribution in [0.2, 0.25) is 0 Å². The Labute approximate surface area is 183 Å². The number of Topliss-reactive ketones (excluding diaryl/α,β-unsaturated/α-hetero) is 1. The summed E-state index contributed by atoms with van der Waals surface area (Å²) in [5.41, 5.74) is 0.418. The highest BCUT2D eigenvalue weighted by atomic mass is 16.6. The van der Waals surface area contributed by atoms with Gasteiger partial charge < -0.3 is 24.2 Å². The maximum Gasteiger partial charge on any atom is 0.295 e. The summed E-state index contributed by atoms with van der Waals surface area (Å²) in [6.07, 6.45) is 0. The number of non-ortho nitro benzene ring substituents is 1. The first-order valence-electron chi connectivity index (χ1n) is 9.58. The number of aliphatic hydroxyl groups excluding tert-OH is 1. The third-order valence-electron chi connectivity index (χ3n) is 5.15. The van der Waals surface area contributed by atoms with Gasteiger partial charge in [0.2, 0.25) is 0 Å². The molecule has 0 bridgehead atoms. The number of carbonyl (C=O) groups excluding carboxylic acids is 2. The molecule has 0 saturated carbocycles. The van der Waals surface area contributed by atoms with Crippen molar-refractivity contribution < 1.29 is 33.8 Å². The second-order valence-corrected chi connectivity index (χ2v) is 6.90. The standard InChI is InChI=1S/C22H22N2O8/c1-30-11-10-23-19(13-4-7-15(8-5-13)24(28)29)18(21(26)22(23)27)20(25)14-6-9-16(31-2)17(12-14)32-3/h4-9,12,19,25H,10-11H2,1-3H3/t19-/m1/s1. The number of aliphatic hydroxyl groups is 1. The maximum atomic E-state index is 12.9. The number of amides is 1. The lowest BCUT2D eigenvalue weighted by atomic mass is 9.95. The Bertz CT molecular complexity index is 1080. The Balaban J connectivity index is 2.16. The van der Waals surface area contributed by atoms with Crippen LogP contribution in [-0.4, -0.2) is 61.1 Å². The molecule has 1 atom stereocenters. The van der Waals surface area contributed by atoms with Crippen LogP contribution in [0.4, 0.5) is 5.69 Å². The Morgan fingerprint density at radius 2 is 1.72 bits per heavy atom. The summed E-state index contributed by atoms with van der Waals surface area (Å²) in [7, 11) is 4.36. The molecule has 168 valence electrons. The summed E-state index contributed by atoms with van der Waals surface area (Å²) in [5, 5.41) is 22.1. The van der Waals surface area contributed by atoms with E-state index in [1.165, 1.54) is 62.6 Å². The first kappa shape index (κ1) is 22.8. The molecular weight excluding hydrogens is 420 g/mol. The van der Waals surface area contributed by atoms with E-state index in [4.69, 9.17) is 14.2 Å². The predicted molar refractivity (Wildman–Crippen MR) is 114 cm³/mol. The molecular formula is C22H22N2O8. The molecule has 1 aliphatic rings. The van der Waals surface area contributed by atoms with Gasteiger partial charge in [0.1, 0.15) is 5.76 Å². The topological polar surface area (TPSA) is 128 Å². The van der Waals surface area contributed by atoms with Gasteiger partial charge in [0.15, 0.2) is 11.5 Å². The van der Waals surface area contributed by atoms with Crippen molar-refractivity contribution in [1.82, 2.24) is 4.90 Å². The minimum absolute atomic E-state index is 0.0887. The van der Waals surface area contributed by atoms with Crippen molar-refractivity contribution in [1.29, 1.82) is 0 Å². The Morgan fingerprint density at radius 1 is 1.06 bits per heavy atom. The van der Waals surface area contributed by atoms with Crippen LogP contribution in [0.25, 0.3) is 5.76 Å². The van der Waals surface area contributed by atoms with Gasteiger partial charge in [-0.05, 0) is 35.9 Å². The average molecular weight is 442 g/mol. The fourth-order valence-corrected chi connectivity index (χ4v) is 3.56. The van der Waals surface area contributed by atoms with Crippen molar-refractivity contribution in [3.05, 3.63) is 69.3 Å². The molecule has 0 aliphatic carbocycles. The summed E-state index contributed by atoms with van der Waals surface area (Å²) in [4.78, 5) is 37.4. The summed E-state index contributed by atoms with van der Waals surface area (Å²) >= 11 is 0. The van der Waals surface area contributed by atoms with E-state index in [9.17, 15) is 24.8 Å². The number of nitrogens with zero attached hydrogens (tertiary/aromatic N) is 2. The van der Waals surface area contributed by atoms with E-state index in [-0.39, 0.29) is 30.0 Å². The Hall–Kier alpha value is -3.92. The summed E-state index contributed by atoms with van der Waals surface area (Å²) in [6, 6.07) is 9.11. The van der Waals surface area contributed by atoms with Gasteiger partial charge in [0.25, 0.3) is 17.4 Å².